The molecule has 1 aliphatic rings. The first-order valence-electron chi connectivity index (χ1n) is 6.86. The second kappa shape index (κ2) is 6.09. The van der Waals surface area contributed by atoms with Crippen LogP contribution in [0.4, 0.5) is 11.4 Å². The van der Waals surface area contributed by atoms with Gasteiger partial charge in [0.15, 0.2) is 5.75 Å². The third kappa shape index (κ3) is 2.85. The van der Waals surface area contributed by atoms with Crippen molar-refractivity contribution in [3.63, 3.8) is 0 Å². The predicted molar refractivity (Wildman–Crippen MR) is 78.6 cm³/mol. The molecule has 1 aliphatic heterocycles. The van der Waals surface area contributed by atoms with Gasteiger partial charge in [0.05, 0.1) is 11.5 Å². The number of likely N-dealkylation sites (N-methyl/N-ethyl adjacent to an activating group) is 1. The van der Waals surface area contributed by atoms with Gasteiger partial charge in [0.25, 0.3) is 0 Å². The molecule has 0 amide bonds. The molecule has 0 bridgehead atoms. The van der Waals surface area contributed by atoms with E-state index in [1.807, 2.05) is 27.1 Å². The Balaban J connectivity index is 2.32. The van der Waals surface area contributed by atoms with Crippen LogP contribution in [0.15, 0.2) is 18.2 Å². The number of ether oxygens (including phenoxy) is 1. The van der Waals surface area contributed by atoms with Crippen molar-refractivity contribution in [3.05, 3.63) is 28.3 Å². The van der Waals surface area contributed by atoms with Crippen molar-refractivity contribution in [2.24, 2.45) is 0 Å². The van der Waals surface area contributed by atoms with Crippen molar-refractivity contribution in [3.8, 4) is 5.75 Å². The molecule has 0 spiro atoms. The first kappa shape index (κ1) is 14.6. The Morgan fingerprint density at radius 3 is 2.80 bits per heavy atom. The van der Waals surface area contributed by atoms with Gasteiger partial charge in [-0.2, -0.15) is 0 Å². The molecule has 1 aromatic carbocycles. The van der Waals surface area contributed by atoms with E-state index in [0.717, 1.165) is 19.5 Å². The van der Waals surface area contributed by atoms with E-state index in [2.05, 4.69) is 9.80 Å². The van der Waals surface area contributed by atoms with Crippen LogP contribution in [-0.4, -0.2) is 49.7 Å². The smallest absolute Gasteiger partial charge is 0.333 e. The molecule has 6 heteroatoms. The molecule has 1 heterocycles. The molecule has 0 N–H and O–H groups in total. The Hall–Kier alpha value is -1.82. The molecule has 0 radical (unpaired) electrons. The second-order valence-corrected chi connectivity index (χ2v) is 5.17. The topological polar surface area (TPSA) is 58.8 Å². The summed E-state index contributed by atoms with van der Waals surface area (Å²) in [6.45, 7) is 3.89. The molecular formula is C14H21N3O3. The molecule has 0 aliphatic carbocycles. The standard InChI is InChI=1S/C14H21N3O3/c1-4-20-13-7-5-6-12(14(13)17(18)19)16-9-8-11(10-16)15(2)3/h5-7,11H,4,8-10H2,1-3H3. The van der Waals surface area contributed by atoms with Crippen LogP contribution >= 0.6 is 0 Å². The van der Waals surface area contributed by atoms with Gasteiger partial charge in [-0.25, -0.2) is 0 Å². The molecule has 1 saturated heterocycles. The lowest BCUT2D eigenvalue weighted by atomic mass is 10.2. The number of hydrogen-bond donors (Lipinski definition) is 0. The van der Waals surface area contributed by atoms with Crippen LogP contribution in [0.5, 0.6) is 5.75 Å². The SMILES string of the molecule is CCOc1cccc(N2CCC(N(C)C)C2)c1[N+](=O)[O-]. The minimum Gasteiger partial charge on any atom is -0.487 e. The average molecular weight is 279 g/mol. The second-order valence-electron chi connectivity index (χ2n) is 5.17. The predicted octanol–water partition coefficient (Wildman–Crippen LogP) is 2.13. The highest BCUT2D eigenvalue weighted by Crippen LogP contribution is 2.38. The van der Waals surface area contributed by atoms with Crippen molar-refractivity contribution in [1.29, 1.82) is 0 Å². The summed E-state index contributed by atoms with van der Waals surface area (Å²) in [5, 5.41) is 11.4. The molecule has 20 heavy (non-hydrogen) atoms. The quantitative estimate of drug-likeness (QED) is 0.610. The molecule has 2 rings (SSSR count). The number of nitrogens with zero attached hydrogens (tertiary/aromatic N) is 3. The number of benzene rings is 1. The molecule has 6 nitrogen and oxygen atoms in total. The van der Waals surface area contributed by atoms with Crippen LogP contribution in [-0.2, 0) is 0 Å². The van der Waals surface area contributed by atoms with E-state index in [9.17, 15) is 10.1 Å². The summed E-state index contributed by atoms with van der Waals surface area (Å²) < 4.78 is 5.39. The number of nitro groups is 1. The van der Waals surface area contributed by atoms with Crippen LogP contribution in [0.3, 0.4) is 0 Å². The molecule has 1 aromatic rings. The zero-order valence-electron chi connectivity index (χ0n) is 12.2. The van der Waals surface area contributed by atoms with Gasteiger partial charge in [0.2, 0.25) is 0 Å². The van der Waals surface area contributed by atoms with Gasteiger partial charge in [-0.1, -0.05) is 6.07 Å². The Bertz CT molecular complexity index is 491. The van der Waals surface area contributed by atoms with Crippen LogP contribution in [0.25, 0.3) is 0 Å². The fourth-order valence-corrected chi connectivity index (χ4v) is 2.60. The third-order valence-electron chi connectivity index (χ3n) is 3.69. The summed E-state index contributed by atoms with van der Waals surface area (Å²) >= 11 is 0. The lowest BCUT2D eigenvalue weighted by molar-refractivity contribution is -0.385. The van der Waals surface area contributed by atoms with Crippen molar-refractivity contribution >= 4 is 11.4 Å². The van der Waals surface area contributed by atoms with E-state index < -0.39 is 0 Å². The molecule has 0 saturated carbocycles. The summed E-state index contributed by atoms with van der Waals surface area (Å²) in [6, 6.07) is 5.71. The molecule has 1 atom stereocenters. The lowest BCUT2D eigenvalue weighted by Gasteiger charge is -2.22. The van der Waals surface area contributed by atoms with Crippen molar-refractivity contribution < 1.29 is 9.66 Å². The summed E-state index contributed by atoms with van der Waals surface area (Å²) in [5.74, 6) is 0.350. The molecule has 110 valence electrons. The van der Waals surface area contributed by atoms with Crippen LogP contribution < -0.4 is 9.64 Å². The van der Waals surface area contributed by atoms with E-state index in [4.69, 9.17) is 4.74 Å². The van der Waals surface area contributed by atoms with E-state index in [1.54, 1.807) is 12.1 Å². The fraction of sp³-hybridized carbons (Fsp3) is 0.571. The summed E-state index contributed by atoms with van der Waals surface area (Å²) in [4.78, 5) is 15.3. The number of nitro benzene ring substituents is 1. The highest BCUT2D eigenvalue weighted by Gasteiger charge is 2.30. The first-order chi connectivity index (χ1) is 9.54. The van der Waals surface area contributed by atoms with E-state index in [-0.39, 0.29) is 10.6 Å². The van der Waals surface area contributed by atoms with E-state index >= 15 is 0 Å². The molecule has 0 aromatic heterocycles. The highest BCUT2D eigenvalue weighted by molar-refractivity contribution is 5.70. The Morgan fingerprint density at radius 2 is 2.25 bits per heavy atom. The van der Waals surface area contributed by atoms with Gasteiger partial charge in [-0.3, -0.25) is 10.1 Å². The van der Waals surface area contributed by atoms with Crippen molar-refractivity contribution in [1.82, 2.24) is 4.90 Å². The minimum atomic E-state index is -0.344. The van der Waals surface area contributed by atoms with Crippen LogP contribution in [0.2, 0.25) is 0 Å². The number of para-hydroxylation sites is 1. The largest absolute Gasteiger partial charge is 0.487 e. The molecule has 1 unspecified atom stereocenters. The molecule has 1 fully saturated rings. The average Bonchev–Trinajstić information content (AvgIpc) is 2.88. The van der Waals surface area contributed by atoms with Gasteiger partial charge < -0.3 is 14.5 Å². The van der Waals surface area contributed by atoms with Crippen molar-refractivity contribution in [2.75, 3.05) is 38.7 Å². The van der Waals surface area contributed by atoms with Gasteiger partial charge in [0, 0.05) is 19.1 Å². The first-order valence-corrected chi connectivity index (χ1v) is 6.86. The van der Waals surface area contributed by atoms with Crippen LogP contribution in [0, 0.1) is 10.1 Å². The Morgan fingerprint density at radius 1 is 1.50 bits per heavy atom. The lowest BCUT2D eigenvalue weighted by Crippen LogP contribution is -2.31. The number of hydrogen-bond acceptors (Lipinski definition) is 5. The highest BCUT2D eigenvalue weighted by atomic mass is 16.6. The van der Waals surface area contributed by atoms with Gasteiger partial charge in [-0.15, -0.1) is 0 Å². The zero-order chi connectivity index (χ0) is 14.7. The summed E-state index contributed by atoms with van der Waals surface area (Å²) in [7, 11) is 4.08. The van der Waals surface area contributed by atoms with Crippen molar-refractivity contribution in [2.45, 2.75) is 19.4 Å². The fourth-order valence-electron chi connectivity index (χ4n) is 2.60. The maximum absolute atomic E-state index is 11.4. The summed E-state index contributed by atoms with van der Waals surface area (Å²) in [5.41, 5.74) is 0.735. The third-order valence-corrected chi connectivity index (χ3v) is 3.69. The van der Waals surface area contributed by atoms with E-state index in [1.165, 1.54) is 0 Å². The van der Waals surface area contributed by atoms with Gasteiger partial charge in [0.1, 0.15) is 5.69 Å². The van der Waals surface area contributed by atoms with Crippen LogP contribution in [0.1, 0.15) is 13.3 Å². The maximum atomic E-state index is 11.4. The Labute approximate surface area is 119 Å². The zero-order valence-corrected chi connectivity index (χ0v) is 12.2. The monoisotopic (exact) mass is 279 g/mol. The van der Waals surface area contributed by atoms with Gasteiger partial charge in [-0.05, 0) is 39.6 Å². The summed E-state index contributed by atoms with van der Waals surface area (Å²) in [6.07, 6.45) is 1.02. The Kier molecular flexibility index (Phi) is 4.44. The minimum absolute atomic E-state index is 0.0776. The molecular weight excluding hydrogens is 258 g/mol. The van der Waals surface area contributed by atoms with Gasteiger partial charge >= 0.3 is 5.69 Å². The van der Waals surface area contributed by atoms with E-state index in [0.29, 0.717) is 24.1 Å². The number of rotatable bonds is 5. The number of anilines is 1. The maximum Gasteiger partial charge on any atom is 0.333 e. The normalized spacial score (nSPS) is 18.6.